The van der Waals surface area contributed by atoms with E-state index in [9.17, 15) is 4.79 Å². The van der Waals surface area contributed by atoms with Crippen LogP contribution in [-0.2, 0) is 11.8 Å². The molecule has 6 heteroatoms. The number of nitrogens with one attached hydrogen (secondary N) is 1. The Bertz CT molecular complexity index is 856. The Morgan fingerprint density at radius 1 is 1.12 bits per heavy atom. The van der Waals surface area contributed by atoms with Crippen LogP contribution in [0.2, 0.25) is 0 Å². The molecule has 3 aromatic rings. The third-order valence-corrected chi connectivity index (χ3v) is 5.03. The van der Waals surface area contributed by atoms with Gasteiger partial charge in [0.15, 0.2) is 5.16 Å². The highest BCUT2D eigenvalue weighted by atomic mass is 32.2. The van der Waals surface area contributed by atoms with Crippen LogP contribution < -0.4 is 5.32 Å². The first kappa shape index (κ1) is 17.2. The number of benzene rings is 2. The van der Waals surface area contributed by atoms with Crippen LogP contribution in [0.25, 0.3) is 0 Å². The number of nitrogens with zero attached hydrogens (tertiary/aromatic N) is 3. The second kappa shape index (κ2) is 7.53. The third-order valence-electron chi connectivity index (χ3n) is 3.72. The SMILES string of the molecule is Cc1cc(C)cc(NC(=O)C(Sc2nncn2C)c2ccccc2)c1. The van der Waals surface area contributed by atoms with Crippen molar-refractivity contribution in [3.63, 3.8) is 0 Å². The van der Waals surface area contributed by atoms with E-state index < -0.39 is 5.25 Å². The van der Waals surface area contributed by atoms with Gasteiger partial charge >= 0.3 is 0 Å². The summed E-state index contributed by atoms with van der Waals surface area (Å²) in [5.41, 5.74) is 3.97. The summed E-state index contributed by atoms with van der Waals surface area (Å²) in [6, 6.07) is 15.7. The van der Waals surface area contributed by atoms with Gasteiger partial charge in [-0.15, -0.1) is 10.2 Å². The highest BCUT2D eigenvalue weighted by Crippen LogP contribution is 2.35. The average Bonchev–Trinajstić information content (AvgIpc) is 2.97. The van der Waals surface area contributed by atoms with Crippen molar-refractivity contribution in [2.75, 3.05) is 5.32 Å². The lowest BCUT2D eigenvalue weighted by Crippen LogP contribution is -2.19. The number of thioether (sulfide) groups is 1. The minimum absolute atomic E-state index is 0.0794. The van der Waals surface area contributed by atoms with E-state index in [1.165, 1.54) is 11.8 Å². The van der Waals surface area contributed by atoms with Crippen molar-refractivity contribution in [3.8, 4) is 0 Å². The first-order chi connectivity index (χ1) is 12.0. The first-order valence-electron chi connectivity index (χ1n) is 7.97. The van der Waals surface area contributed by atoms with Crippen LogP contribution in [-0.4, -0.2) is 20.7 Å². The molecule has 0 radical (unpaired) electrons. The molecular formula is C19H20N4OS. The minimum atomic E-state index is -0.412. The molecule has 0 aliphatic heterocycles. The minimum Gasteiger partial charge on any atom is -0.325 e. The van der Waals surface area contributed by atoms with Crippen molar-refractivity contribution in [2.45, 2.75) is 24.3 Å². The van der Waals surface area contributed by atoms with E-state index in [2.05, 4.69) is 21.6 Å². The molecule has 0 saturated carbocycles. The van der Waals surface area contributed by atoms with Gasteiger partial charge in [0, 0.05) is 12.7 Å². The molecule has 1 unspecified atom stereocenters. The smallest absolute Gasteiger partial charge is 0.242 e. The van der Waals surface area contributed by atoms with Crippen molar-refractivity contribution in [1.82, 2.24) is 14.8 Å². The van der Waals surface area contributed by atoms with E-state index in [1.807, 2.05) is 67.9 Å². The molecule has 0 aliphatic rings. The number of carbonyl (C=O) groups excluding carboxylic acids is 1. The van der Waals surface area contributed by atoms with Gasteiger partial charge in [-0.2, -0.15) is 0 Å². The molecule has 5 nitrogen and oxygen atoms in total. The number of aryl methyl sites for hydroxylation is 3. The van der Waals surface area contributed by atoms with E-state index in [1.54, 1.807) is 6.33 Å². The standard InChI is InChI=1S/C19H20N4OS/c1-13-9-14(2)11-16(10-13)21-18(24)17(15-7-5-4-6-8-15)25-19-22-20-12-23(19)3/h4-12,17H,1-3H3,(H,21,24). The van der Waals surface area contributed by atoms with Crippen LogP contribution in [0.3, 0.4) is 0 Å². The molecule has 0 aliphatic carbocycles. The molecule has 0 saturated heterocycles. The number of hydrogen-bond acceptors (Lipinski definition) is 4. The van der Waals surface area contributed by atoms with Gasteiger partial charge in [-0.25, -0.2) is 0 Å². The Balaban J connectivity index is 1.88. The highest BCUT2D eigenvalue weighted by Gasteiger charge is 2.24. The predicted octanol–water partition coefficient (Wildman–Crippen LogP) is 3.90. The van der Waals surface area contributed by atoms with Gasteiger partial charge in [0.05, 0.1) is 0 Å². The van der Waals surface area contributed by atoms with E-state index in [4.69, 9.17) is 0 Å². The summed E-state index contributed by atoms with van der Waals surface area (Å²) in [5.74, 6) is -0.0794. The van der Waals surface area contributed by atoms with Crippen LogP contribution in [0.4, 0.5) is 5.69 Å². The largest absolute Gasteiger partial charge is 0.325 e. The third kappa shape index (κ3) is 4.28. The van der Waals surface area contributed by atoms with Crippen LogP contribution in [0.15, 0.2) is 60.0 Å². The molecule has 1 atom stereocenters. The number of carbonyl (C=O) groups is 1. The highest BCUT2D eigenvalue weighted by molar-refractivity contribution is 8.00. The number of anilines is 1. The fourth-order valence-electron chi connectivity index (χ4n) is 2.64. The lowest BCUT2D eigenvalue weighted by molar-refractivity contribution is -0.115. The van der Waals surface area contributed by atoms with Gasteiger partial charge in [0.2, 0.25) is 5.91 Å². The summed E-state index contributed by atoms with van der Waals surface area (Å²) in [7, 11) is 1.87. The van der Waals surface area contributed by atoms with E-state index in [-0.39, 0.29) is 5.91 Å². The molecule has 0 spiro atoms. The number of hydrogen-bond donors (Lipinski definition) is 1. The van der Waals surface area contributed by atoms with Gasteiger partial charge in [0.25, 0.3) is 0 Å². The molecule has 0 fully saturated rings. The van der Waals surface area contributed by atoms with Crippen molar-refractivity contribution >= 4 is 23.4 Å². The van der Waals surface area contributed by atoms with Crippen LogP contribution >= 0.6 is 11.8 Å². The molecule has 25 heavy (non-hydrogen) atoms. The lowest BCUT2D eigenvalue weighted by Gasteiger charge is -2.17. The second-order valence-electron chi connectivity index (χ2n) is 6.00. The maximum atomic E-state index is 13.0. The quantitative estimate of drug-likeness (QED) is 0.708. The van der Waals surface area contributed by atoms with E-state index in [0.717, 1.165) is 22.4 Å². The lowest BCUT2D eigenvalue weighted by atomic mass is 10.1. The monoisotopic (exact) mass is 352 g/mol. The summed E-state index contributed by atoms with van der Waals surface area (Å²) in [6.45, 7) is 4.04. The Kier molecular flexibility index (Phi) is 5.19. The normalized spacial score (nSPS) is 12.0. The first-order valence-corrected chi connectivity index (χ1v) is 8.85. The van der Waals surface area contributed by atoms with Crippen LogP contribution in [0.1, 0.15) is 21.9 Å². The summed E-state index contributed by atoms with van der Waals surface area (Å²) in [5, 5.41) is 11.3. The zero-order valence-electron chi connectivity index (χ0n) is 14.4. The summed E-state index contributed by atoms with van der Waals surface area (Å²) in [4.78, 5) is 13.0. The maximum Gasteiger partial charge on any atom is 0.242 e. The van der Waals surface area contributed by atoms with Crippen LogP contribution in [0, 0.1) is 13.8 Å². The van der Waals surface area contributed by atoms with Gasteiger partial charge in [-0.3, -0.25) is 4.79 Å². The summed E-state index contributed by atoms with van der Waals surface area (Å²) >= 11 is 1.39. The Morgan fingerprint density at radius 2 is 1.80 bits per heavy atom. The number of rotatable bonds is 5. The van der Waals surface area contributed by atoms with Crippen molar-refractivity contribution in [1.29, 1.82) is 0 Å². The molecule has 1 N–H and O–H groups in total. The fourth-order valence-corrected chi connectivity index (χ4v) is 3.62. The zero-order valence-corrected chi connectivity index (χ0v) is 15.2. The van der Waals surface area contributed by atoms with Crippen molar-refractivity contribution in [2.24, 2.45) is 7.05 Å². The Morgan fingerprint density at radius 3 is 2.40 bits per heavy atom. The van der Waals surface area contributed by atoms with Crippen molar-refractivity contribution in [3.05, 3.63) is 71.5 Å². The molecule has 128 valence electrons. The molecule has 1 amide bonds. The molecule has 3 rings (SSSR count). The number of amides is 1. The van der Waals surface area contributed by atoms with E-state index in [0.29, 0.717) is 5.16 Å². The van der Waals surface area contributed by atoms with Gasteiger partial charge in [-0.1, -0.05) is 48.2 Å². The molecule has 2 aromatic carbocycles. The number of aromatic nitrogens is 3. The fraction of sp³-hybridized carbons (Fsp3) is 0.211. The average molecular weight is 352 g/mol. The predicted molar refractivity (Wildman–Crippen MR) is 101 cm³/mol. The molecular weight excluding hydrogens is 332 g/mol. The Hall–Kier alpha value is -2.60. The molecule has 1 aromatic heterocycles. The van der Waals surface area contributed by atoms with Gasteiger partial charge in [0.1, 0.15) is 11.6 Å². The maximum absolute atomic E-state index is 13.0. The van der Waals surface area contributed by atoms with Crippen LogP contribution in [0.5, 0.6) is 0 Å². The summed E-state index contributed by atoms with van der Waals surface area (Å²) < 4.78 is 1.81. The topological polar surface area (TPSA) is 59.8 Å². The van der Waals surface area contributed by atoms with Crippen molar-refractivity contribution < 1.29 is 4.79 Å². The van der Waals surface area contributed by atoms with E-state index >= 15 is 0 Å². The molecule has 1 heterocycles. The molecule has 0 bridgehead atoms. The second-order valence-corrected chi connectivity index (χ2v) is 7.07. The summed E-state index contributed by atoms with van der Waals surface area (Å²) in [6.07, 6.45) is 1.63. The van der Waals surface area contributed by atoms with Gasteiger partial charge in [-0.05, 0) is 42.7 Å². The van der Waals surface area contributed by atoms with Gasteiger partial charge < -0.3 is 9.88 Å². The Labute approximate surface area is 151 Å². The zero-order chi connectivity index (χ0) is 17.8.